The molecule has 1 N–H and O–H groups in total. The maximum Gasteiger partial charge on any atom is 0.250 e. The lowest BCUT2D eigenvalue weighted by atomic mass is 10.1. The minimum absolute atomic E-state index is 0.103. The van der Waals surface area contributed by atoms with Gasteiger partial charge in [0.15, 0.2) is 0 Å². The van der Waals surface area contributed by atoms with E-state index in [1.807, 2.05) is 24.3 Å². The lowest BCUT2D eigenvalue weighted by Gasteiger charge is -2.28. The topological polar surface area (TPSA) is 60.0 Å². The lowest BCUT2D eigenvalue weighted by Crippen LogP contribution is -2.38. The Hall–Kier alpha value is -1.63. The number of nitrogens with one attached hydrogen (secondary N) is 1. The minimum atomic E-state index is -0.120. The van der Waals surface area contributed by atoms with Gasteiger partial charge in [-0.15, -0.1) is 0 Å². The molecule has 0 bridgehead atoms. The Morgan fingerprint density at radius 2 is 1.91 bits per heavy atom. The molecule has 2 aliphatic heterocycles. The number of likely N-dealkylation sites (tertiary alicyclic amines) is 1. The summed E-state index contributed by atoms with van der Waals surface area (Å²) in [6, 6.07) is 7.38. The largest absolute Gasteiger partial charge is 0.486 e. The van der Waals surface area contributed by atoms with Crippen molar-refractivity contribution in [2.75, 3.05) is 45.3 Å². The Kier molecular flexibility index (Phi) is 5.48. The van der Waals surface area contributed by atoms with Gasteiger partial charge in [-0.05, 0) is 44.2 Å². The van der Waals surface area contributed by atoms with Gasteiger partial charge in [0.2, 0.25) is 5.91 Å². The first kappa shape index (κ1) is 16.2. The van der Waals surface area contributed by atoms with Gasteiger partial charge in [0.05, 0.1) is 19.3 Å². The summed E-state index contributed by atoms with van der Waals surface area (Å²) >= 11 is 0. The molecule has 23 heavy (non-hydrogen) atoms. The number of benzene rings is 1. The van der Waals surface area contributed by atoms with Gasteiger partial charge in [-0.25, -0.2) is 0 Å². The van der Waals surface area contributed by atoms with Crippen LogP contribution in [-0.4, -0.2) is 63.0 Å². The molecule has 0 unspecified atom stereocenters. The highest BCUT2D eigenvalue weighted by atomic mass is 16.6. The van der Waals surface area contributed by atoms with E-state index in [4.69, 9.17) is 14.2 Å². The number of carbonyl (C=O) groups is 1. The number of piperidine rings is 1. The van der Waals surface area contributed by atoms with Gasteiger partial charge in [0, 0.05) is 18.8 Å². The van der Waals surface area contributed by atoms with Crippen LogP contribution in [0.25, 0.3) is 0 Å². The molecule has 2 fully saturated rings. The summed E-state index contributed by atoms with van der Waals surface area (Å²) < 4.78 is 16.4. The molecular formula is C17H24N2O4. The van der Waals surface area contributed by atoms with Crippen LogP contribution in [0.3, 0.4) is 0 Å². The summed E-state index contributed by atoms with van der Waals surface area (Å²) in [6.07, 6.45) is 2.32. The second-order valence-electron chi connectivity index (χ2n) is 6.16. The van der Waals surface area contributed by atoms with Crippen LogP contribution in [0, 0.1) is 0 Å². The molecule has 0 saturated carbocycles. The maximum atomic E-state index is 11.9. The zero-order chi connectivity index (χ0) is 16.1. The smallest absolute Gasteiger partial charge is 0.250 e. The molecular weight excluding hydrogens is 296 g/mol. The molecule has 6 nitrogen and oxygen atoms in total. The molecule has 3 rings (SSSR count). The lowest BCUT2D eigenvalue weighted by molar-refractivity contribution is -0.123. The molecule has 2 saturated heterocycles. The number of hydrogen-bond donors (Lipinski definition) is 1. The molecule has 1 aromatic carbocycles. The third-order valence-electron chi connectivity index (χ3n) is 4.16. The average Bonchev–Trinajstić information content (AvgIpc) is 2.52. The van der Waals surface area contributed by atoms with Crippen molar-refractivity contribution in [2.24, 2.45) is 0 Å². The monoisotopic (exact) mass is 320 g/mol. The number of nitrogens with zero attached hydrogens (tertiary/aromatic N) is 1. The molecule has 2 heterocycles. The number of carbonyl (C=O) groups excluding carboxylic acids is 1. The van der Waals surface area contributed by atoms with E-state index < -0.39 is 0 Å². The predicted octanol–water partition coefficient (Wildman–Crippen LogP) is 1.51. The highest BCUT2D eigenvalue weighted by molar-refractivity contribution is 5.91. The highest BCUT2D eigenvalue weighted by Gasteiger charge is 2.20. The van der Waals surface area contributed by atoms with E-state index in [0.717, 1.165) is 37.4 Å². The van der Waals surface area contributed by atoms with Crippen LogP contribution >= 0.6 is 0 Å². The summed E-state index contributed by atoms with van der Waals surface area (Å²) in [5.41, 5.74) is 0.749. The van der Waals surface area contributed by atoms with Crippen molar-refractivity contribution in [1.82, 2.24) is 4.90 Å². The number of hydrogen-bond acceptors (Lipinski definition) is 5. The summed E-state index contributed by atoms with van der Waals surface area (Å²) in [5, 5.41) is 2.84. The molecule has 1 aromatic rings. The third kappa shape index (κ3) is 4.92. The van der Waals surface area contributed by atoms with Gasteiger partial charge >= 0.3 is 0 Å². The minimum Gasteiger partial charge on any atom is -0.486 e. The van der Waals surface area contributed by atoms with E-state index in [9.17, 15) is 4.79 Å². The van der Waals surface area contributed by atoms with Crippen LogP contribution in [0.4, 0.5) is 5.69 Å². The molecule has 0 spiro atoms. The second kappa shape index (κ2) is 7.77. The maximum absolute atomic E-state index is 11.9. The molecule has 0 atom stereocenters. The van der Waals surface area contributed by atoms with E-state index >= 15 is 0 Å². The van der Waals surface area contributed by atoms with E-state index in [1.165, 1.54) is 0 Å². The van der Waals surface area contributed by atoms with Crippen molar-refractivity contribution in [2.45, 2.75) is 25.0 Å². The van der Waals surface area contributed by atoms with Crippen molar-refractivity contribution < 1.29 is 19.0 Å². The Bertz CT molecular complexity index is 508. The fraction of sp³-hybridized carbons (Fsp3) is 0.588. The van der Waals surface area contributed by atoms with Gasteiger partial charge < -0.3 is 24.4 Å². The van der Waals surface area contributed by atoms with Gasteiger partial charge in [0.1, 0.15) is 18.5 Å². The molecule has 0 aromatic heterocycles. The van der Waals surface area contributed by atoms with Gasteiger partial charge in [-0.1, -0.05) is 0 Å². The fourth-order valence-electron chi connectivity index (χ4n) is 2.63. The number of amides is 1. The summed E-state index contributed by atoms with van der Waals surface area (Å²) in [6.45, 7) is 3.45. The molecule has 1 amide bonds. The Labute approximate surface area is 136 Å². The van der Waals surface area contributed by atoms with Gasteiger partial charge in [-0.3, -0.25) is 4.79 Å². The van der Waals surface area contributed by atoms with Crippen LogP contribution in [-0.2, 0) is 14.3 Å². The van der Waals surface area contributed by atoms with Crippen molar-refractivity contribution in [3.05, 3.63) is 24.3 Å². The Morgan fingerprint density at radius 3 is 2.52 bits per heavy atom. The first-order chi connectivity index (χ1) is 11.2. The molecule has 6 heteroatoms. The average molecular weight is 320 g/mol. The number of rotatable bonds is 6. The Balaban J connectivity index is 1.38. The standard InChI is InChI=1S/C17H24N2O4/c1-19-8-6-14(7-9-19)22-12-17(20)18-13-2-4-15(5-3-13)23-16-10-21-11-16/h2-5,14,16H,6-12H2,1H3,(H,18,20). The van der Waals surface area contributed by atoms with Crippen molar-refractivity contribution in [1.29, 1.82) is 0 Å². The van der Waals surface area contributed by atoms with Crippen LogP contribution < -0.4 is 10.1 Å². The zero-order valence-corrected chi connectivity index (χ0v) is 13.5. The first-order valence-corrected chi connectivity index (χ1v) is 8.13. The van der Waals surface area contributed by atoms with Crippen molar-refractivity contribution in [3.63, 3.8) is 0 Å². The van der Waals surface area contributed by atoms with E-state index in [1.54, 1.807) is 0 Å². The van der Waals surface area contributed by atoms with E-state index in [-0.39, 0.29) is 24.7 Å². The van der Waals surface area contributed by atoms with Gasteiger partial charge in [-0.2, -0.15) is 0 Å². The molecule has 0 aliphatic carbocycles. The number of anilines is 1. The van der Waals surface area contributed by atoms with E-state index in [2.05, 4.69) is 17.3 Å². The van der Waals surface area contributed by atoms with Crippen LogP contribution in [0.1, 0.15) is 12.8 Å². The first-order valence-electron chi connectivity index (χ1n) is 8.13. The molecule has 2 aliphatic rings. The SMILES string of the molecule is CN1CCC(OCC(=O)Nc2ccc(OC3COC3)cc2)CC1. The van der Waals surface area contributed by atoms with E-state index in [0.29, 0.717) is 13.2 Å². The van der Waals surface area contributed by atoms with Crippen LogP contribution in [0.5, 0.6) is 5.75 Å². The predicted molar refractivity (Wildman–Crippen MR) is 86.8 cm³/mol. The quantitative estimate of drug-likeness (QED) is 0.861. The third-order valence-corrected chi connectivity index (χ3v) is 4.16. The summed E-state index contributed by atoms with van der Waals surface area (Å²) in [5.74, 6) is 0.670. The second-order valence-corrected chi connectivity index (χ2v) is 6.16. The summed E-state index contributed by atoms with van der Waals surface area (Å²) in [4.78, 5) is 14.2. The van der Waals surface area contributed by atoms with Crippen LogP contribution in [0.15, 0.2) is 24.3 Å². The zero-order valence-electron chi connectivity index (χ0n) is 13.5. The van der Waals surface area contributed by atoms with Crippen LogP contribution in [0.2, 0.25) is 0 Å². The van der Waals surface area contributed by atoms with Gasteiger partial charge in [0.25, 0.3) is 0 Å². The highest BCUT2D eigenvalue weighted by Crippen LogP contribution is 2.19. The molecule has 0 radical (unpaired) electrons. The summed E-state index contributed by atoms with van der Waals surface area (Å²) in [7, 11) is 2.11. The van der Waals surface area contributed by atoms with Crippen molar-refractivity contribution in [3.8, 4) is 5.75 Å². The number of ether oxygens (including phenoxy) is 3. The van der Waals surface area contributed by atoms with Crippen molar-refractivity contribution >= 4 is 11.6 Å². The molecule has 126 valence electrons. The Morgan fingerprint density at radius 1 is 1.22 bits per heavy atom. The fourth-order valence-corrected chi connectivity index (χ4v) is 2.63. The normalized spacial score (nSPS) is 20.0.